The van der Waals surface area contributed by atoms with Gasteiger partial charge in [-0.15, -0.1) is 0 Å². The third-order valence-electron chi connectivity index (χ3n) is 4.18. The normalized spacial score (nSPS) is 23.2. The van der Waals surface area contributed by atoms with Gasteiger partial charge in [-0.2, -0.15) is 0 Å². The van der Waals surface area contributed by atoms with Crippen LogP contribution in [0.15, 0.2) is 28.7 Å². The van der Waals surface area contributed by atoms with E-state index in [-0.39, 0.29) is 23.7 Å². The molecule has 21 heavy (non-hydrogen) atoms. The van der Waals surface area contributed by atoms with Crippen LogP contribution >= 0.6 is 15.9 Å². The lowest BCUT2D eigenvalue weighted by molar-refractivity contribution is -0.143. The van der Waals surface area contributed by atoms with E-state index < -0.39 is 12.0 Å². The first kappa shape index (κ1) is 16.0. The zero-order chi connectivity index (χ0) is 15.6. The molecular weight excluding hydrogens is 334 g/mol. The Morgan fingerprint density at radius 1 is 1.48 bits per heavy atom. The predicted molar refractivity (Wildman–Crippen MR) is 84.0 cm³/mol. The first-order valence-electron chi connectivity index (χ1n) is 7.22. The number of rotatable bonds is 6. The fourth-order valence-corrected chi connectivity index (χ4v) is 2.95. The molecule has 0 heterocycles. The van der Waals surface area contributed by atoms with Gasteiger partial charge < -0.3 is 10.4 Å². The highest BCUT2D eigenvalue weighted by molar-refractivity contribution is 9.10. The number of carboxylic acids is 1. The average molecular weight is 354 g/mol. The standard InChI is InChI=1S/C16H20BrNO3/c1-3-9(2)14(16(20)21)18-15(19)13-8-12(13)10-5-4-6-11(17)7-10/h4-7,9,12-14H,3,8H2,1-2H3,(H,18,19)(H,20,21). The van der Waals surface area contributed by atoms with E-state index in [1.165, 1.54) is 0 Å². The summed E-state index contributed by atoms with van der Waals surface area (Å²) in [5.74, 6) is -1.08. The van der Waals surface area contributed by atoms with E-state index in [0.29, 0.717) is 0 Å². The van der Waals surface area contributed by atoms with Gasteiger partial charge in [0.15, 0.2) is 0 Å². The van der Waals surface area contributed by atoms with Crippen molar-refractivity contribution in [3.05, 3.63) is 34.3 Å². The van der Waals surface area contributed by atoms with Crippen LogP contribution < -0.4 is 5.32 Å². The highest BCUT2D eigenvalue weighted by atomic mass is 79.9. The van der Waals surface area contributed by atoms with Crippen molar-refractivity contribution in [2.75, 3.05) is 0 Å². The summed E-state index contributed by atoms with van der Waals surface area (Å²) in [4.78, 5) is 23.5. The lowest BCUT2D eigenvalue weighted by Gasteiger charge is -2.20. The van der Waals surface area contributed by atoms with Crippen LogP contribution in [-0.2, 0) is 9.59 Å². The Kier molecular flexibility index (Phi) is 5.04. The summed E-state index contributed by atoms with van der Waals surface area (Å²) in [6.45, 7) is 3.77. The van der Waals surface area contributed by atoms with Crippen LogP contribution in [0, 0.1) is 11.8 Å². The molecular formula is C16H20BrNO3. The second-order valence-electron chi connectivity index (χ2n) is 5.71. The van der Waals surface area contributed by atoms with Gasteiger partial charge in [0.1, 0.15) is 6.04 Å². The minimum absolute atomic E-state index is 0.0745. The largest absolute Gasteiger partial charge is 0.480 e. The molecule has 4 nitrogen and oxygen atoms in total. The van der Waals surface area contributed by atoms with Gasteiger partial charge >= 0.3 is 5.97 Å². The van der Waals surface area contributed by atoms with Crippen molar-refractivity contribution in [1.29, 1.82) is 0 Å². The predicted octanol–water partition coefficient (Wildman–Crippen LogP) is 3.17. The second-order valence-corrected chi connectivity index (χ2v) is 6.63. The summed E-state index contributed by atoms with van der Waals surface area (Å²) >= 11 is 3.42. The molecule has 0 aromatic heterocycles. The number of aliphatic carboxylic acids is 1. The van der Waals surface area contributed by atoms with Crippen molar-refractivity contribution >= 4 is 27.8 Å². The van der Waals surface area contributed by atoms with Crippen LogP contribution in [0.2, 0.25) is 0 Å². The summed E-state index contributed by atoms with van der Waals surface area (Å²) < 4.78 is 0.995. The number of hydrogen-bond acceptors (Lipinski definition) is 2. The SMILES string of the molecule is CCC(C)C(NC(=O)C1CC1c1cccc(Br)c1)C(=O)O. The molecule has 1 saturated carbocycles. The minimum atomic E-state index is -0.961. The Balaban J connectivity index is 1.98. The van der Waals surface area contributed by atoms with Gasteiger partial charge in [-0.3, -0.25) is 4.79 Å². The fourth-order valence-electron chi connectivity index (χ4n) is 2.53. The molecule has 4 atom stereocenters. The topological polar surface area (TPSA) is 66.4 Å². The lowest BCUT2D eigenvalue weighted by atomic mass is 9.99. The Morgan fingerprint density at radius 2 is 2.19 bits per heavy atom. The van der Waals surface area contributed by atoms with Crippen LogP contribution in [0.5, 0.6) is 0 Å². The third kappa shape index (κ3) is 3.84. The van der Waals surface area contributed by atoms with Crippen molar-refractivity contribution in [3.8, 4) is 0 Å². The van der Waals surface area contributed by atoms with E-state index in [1.807, 2.05) is 38.1 Å². The molecule has 0 radical (unpaired) electrons. The first-order chi connectivity index (χ1) is 9.93. The minimum Gasteiger partial charge on any atom is -0.480 e. The smallest absolute Gasteiger partial charge is 0.326 e. The van der Waals surface area contributed by atoms with Crippen molar-refractivity contribution < 1.29 is 14.7 Å². The fraction of sp³-hybridized carbons (Fsp3) is 0.500. The van der Waals surface area contributed by atoms with Crippen LogP contribution in [0.4, 0.5) is 0 Å². The van der Waals surface area contributed by atoms with Crippen molar-refractivity contribution in [2.24, 2.45) is 11.8 Å². The molecule has 114 valence electrons. The summed E-state index contributed by atoms with van der Waals surface area (Å²) in [6, 6.07) is 7.12. The maximum absolute atomic E-state index is 12.2. The second kappa shape index (κ2) is 6.60. The summed E-state index contributed by atoms with van der Waals surface area (Å²) in [5, 5.41) is 11.9. The molecule has 2 rings (SSSR count). The molecule has 1 aliphatic carbocycles. The number of carboxylic acid groups (broad SMARTS) is 1. The number of nitrogens with one attached hydrogen (secondary N) is 1. The molecule has 2 N–H and O–H groups in total. The maximum Gasteiger partial charge on any atom is 0.326 e. The lowest BCUT2D eigenvalue weighted by Crippen LogP contribution is -2.45. The molecule has 1 amide bonds. The van der Waals surface area contributed by atoms with E-state index in [2.05, 4.69) is 21.2 Å². The van der Waals surface area contributed by atoms with E-state index in [9.17, 15) is 14.7 Å². The van der Waals surface area contributed by atoms with E-state index >= 15 is 0 Å². The molecule has 0 saturated heterocycles. The van der Waals surface area contributed by atoms with Crippen LogP contribution in [0.1, 0.15) is 38.2 Å². The van der Waals surface area contributed by atoms with E-state index in [4.69, 9.17) is 0 Å². The van der Waals surface area contributed by atoms with Crippen LogP contribution in [-0.4, -0.2) is 23.0 Å². The Morgan fingerprint density at radius 3 is 2.76 bits per heavy atom. The van der Waals surface area contributed by atoms with Gasteiger partial charge in [-0.05, 0) is 36.0 Å². The zero-order valence-corrected chi connectivity index (χ0v) is 13.8. The number of carbonyl (C=O) groups is 2. The quantitative estimate of drug-likeness (QED) is 0.825. The first-order valence-corrected chi connectivity index (χ1v) is 8.02. The molecule has 0 aliphatic heterocycles. The van der Waals surface area contributed by atoms with Gasteiger partial charge in [0.25, 0.3) is 0 Å². The molecule has 4 unspecified atom stereocenters. The Bertz CT molecular complexity index is 546. The zero-order valence-electron chi connectivity index (χ0n) is 12.2. The summed E-state index contributed by atoms with van der Waals surface area (Å²) in [5.41, 5.74) is 1.12. The third-order valence-corrected chi connectivity index (χ3v) is 4.67. The number of halogens is 1. The average Bonchev–Trinajstić information content (AvgIpc) is 3.24. The number of benzene rings is 1. The molecule has 1 aromatic carbocycles. The maximum atomic E-state index is 12.2. The van der Waals surface area contributed by atoms with E-state index in [0.717, 1.165) is 22.9 Å². The van der Waals surface area contributed by atoms with Crippen LogP contribution in [0.25, 0.3) is 0 Å². The number of hydrogen-bond donors (Lipinski definition) is 2. The van der Waals surface area contributed by atoms with Crippen molar-refractivity contribution in [1.82, 2.24) is 5.32 Å². The molecule has 5 heteroatoms. The number of carbonyl (C=O) groups excluding carboxylic acids is 1. The molecule has 0 spiro atoms. The van der Waals surface area contributed by atoms with Gasteiger partial charge in [0, 0.05) is 10.4 Å². The Labute approximate surface area is 133 Å². The monoisotopic (exact) mass is 353 g/mol. The van der Waals surface area contributed by atoms with E-state index in [1.54, 1.807) is 0 Å². The molecule has 1 fully saturated rings. The molecule has 1 aromatic rings. The highest BCUT2D eigenvalue weighted by Gasteiger charge is 2.45. The summed E-state index contributed by atoms with van der Waals surface area (Å²) in [6.07, 6.45) is 1.51. The number of amides is 1. The van der Waals surface area contributed by atoms with Gasteiger partial charge in [0.05, 0.1) is 0 Å². The van der Waals surface area contributed by atoms with Crippen molar-refractivity contribution in [2.45, 2.75) is 38.6 Å². The summed E-state index contributed by atoms with van der Waals surface area (Å²) in [7, 11) is 0. The Hall–Kier alpha value is -1.36. The molecule has 0 bridgehead atoms. The molecule has 1 aliphatic rings. The van der Waals surface area contributed by atoms with Crippen molar-refractivity contribution in [3.63, 3.8) is 0 Å². The van der Waals surface area contributed by atoms with Gasteiger partial charge in [-0.25, -0.2) is 4.79 Å². The van der Waals surface area contributed by atoms with Gasteiger partial charge in [0.2, 0.25) is 5.91 Å². The van der Waals surface area contributed by atoms with Crippen LogP contribution in [0.3, 0.4) is 0 Å². The highest BCUT2D eigenvalue weighted by Crippen LogP contribution is 2.48. The van der Waals surface area contributed by atoms with Gasteiger partial charge in [-0.1, -0.05) is 48.3 Å².